The summed E-state index contributed by atoms with van der Waals surface area (Å²) in [6.07, 6.45) is 3.28. The lowest BCUT2D eigenvalue weighted by Gasteiger charge is -2.32. The minimum atomic E-state index is 0.0843. The Hall–Kier alpha value is -0.610. The summed E-state index contributed by atoms with van der Waals surface area (Å²) in [6, 6.07) is 0.0843. The van der Waals surface area contributed by atoms with Gasteiger partial charge in [-0.1, -0.05) is 20.8 Å². The average Bonchev–Trinajstić information content (AvgIpc) is 2.82. The van der Waals surface area contributed by atoms with E-state index in [4.69, 9.17) is 0 Å². The maximum Gasteiger partial charge on any atom is 0.239 e. The third-order valence-corrected chi connectivity index (χ3v) is 5.26. The Balaban J connectivity index is 1.97. The quantitative estimate of drug-likeness (QED) is 0.831. The van der Waals surface area contributed by atoms with Crippen molar-refractivity contribution in [3.63, 3.8) is 0 Å². The Labute approximate surface area is 123 Å². The second-order valence-corrected chi connectivity index (χ2v) is 6.23. The maximum atomic E-state index is 12.8. The normalized spacial score (nSPS) is 28.3. The molecule has 3 atom stereocenters. The Morgan fingerprint density at radius 3 is 2.15 bits per heavy atom. The van der Waals surface area contributed by atoms with E-state index in [2.05, 4.69) is 35.9 Å². The van der Waals surface area contributed by atoms with Crippen LogP contribution >= 0.6 is 0 Å². The lowest BCUT2D eigenvalue weighted by atomic mass is 9.92. The van der Waals surface area contributed by atoms with Crippen molar-refractivity contribution < 1.29 is 4.79 Å². The van der Waals surface area contributed by atoms with E-state index >= 15 is 0 Å². The van der Waals surface area contributed by atoms with Gasteiger partial charge in [-0.3, -0.25) is 9.69 Å². The molecule has 0 aliphatic carbocycles. The molecule has 0 saturated carbocycles. The van der Waals surface area contributed by atoms with Gasteiger partial charge in [-0.25, -0.2) is 0 Å². The number of carbonyl (C=O) groups excluding carboxylic acids is 1. The van der Waals surface area contributed by atoms with Crippen LogP contribution in [0, 0.1) is 11.8 Å². The second-order valence-electron chi connectivity index (χ2n) is 6.23. The summed E-state index contributed by atoms with van der Waals surface area (Å²) in [6.45, 7) is 12.6. The van der Waals surface area contributed by atoms with Crippen LogP contribution in [0.4, 0.5) is 0 Å². The van der Waals surface area contributed by atoms with Crippen LogP contribution in [0.5, 0.6) is 0 Å². The second kappa shape index (κ2) is 7.41. The van der Waals surface area contributed by atoms with E-state index in [9.17, 15) is 4.79 Å². The molecule has 0 aromatic heterocycles. The van der Waals surface area contributed by atoms with Gasteiger partial charge in [0.2, 0.25) is 5.91 Å². The summed E-state index contributed by atoms with van der Waals surface area (Å²) in [5.74, 6) is 1.95. The number of likely N-dealkylation sites (tertiary alicyclic amines) is 1. The third-order valence-electron chi connectivity index (χ3n) is 5.26. The topological polar surface area (TPSA) is 35.6 Å². The molecule has 2 saturated heterocycles. The fourth-order valence-electron chi connectivity index (χ4n) is 3.90. The van der Waals surface area contributed by atoms with Gasteiger partial charge in [0.25, 0.3) is 0 Å². The predicted octanol–water partition coefficient (Wildman–Crippen LogP) is 1.56. The van der Waals surface area contributed by atoms with E-state index < -0.39 is 0 Å². The molecule has 1 N–H and O–H groups in total. The number of amides is 1. The van der Waals surface area contributed by atoms with E-state index in [0.29, 0.717) is 5.91 Å². The molecule has 2 aliphatic heterocycles. The number of nitrogens with zero attached hydrogens (tertiary/aromatic N) is 2. The summed E-state index contributed by atoms with van der Waals surface area (Å²) >= 11 is 0. The highest BCUT2D eigenvalue weighted by Gasteiger charge is 2.33. The molecule has 0 bridgehead atoms. The zero-order valence-electron chi connectivity index (χ0n) is 13.4. The number of hydrogen-bond acceptors (Lipinski definition) is 3. The van der Waals surface area contributed by atoms with E-state index in [1.807, 2.05) is 0 Å². The first kappa shape index (κ1) is 15.8. The predicted molar refractivity (Wildman–Crippen MR) is 82.7 cm³/mol. The Bertz CT molecular complexity index is 303. The van der Waals surface area contributed by atoms with Crippen LogP contribution in [0.2, 0.25) is 0 Å². The standard InChI is InChI=1S/C16H31N3O/c1-4-15(18(5-2)6-3)16(20)19-9-7-13-11-17-12-14(13)8-10-19/h13-15,17H,4-12H2,1-3H3/t13-,14+,15?. The summed E-state index contributed by atoms with van der Waals surface area (Å²) in [7, 11) is 0. The molecule has 20 heavy (non-hydrogen) atoms. The van der Waals surface area contributed by atoms with Crippen molar-refractivity contribution in [2.24, 2.45) is 11.8 Å². The number of likely N-dealkylation sites (N-methyl/N-ethyl adjacent to an activating group) is 1. The van der Waals surface area contributed by atoms with Crippen LogP contribution in [0.1, 0.15) is 40.0 Å². The van der Waals surface area contributed by atoms with Crippen molar-refractivity contribution in [2.75, 3.05) is 39.3 Å². The molecule has 116 valence electrons. The first-order chi connectivity index (χ1) is 9.71. The third kappa shape index (κ3) is 3.34. The molecule has 0 spiro atoms. The van der Waals surface area contributed by atoms with Gasteiger partial charge in [-0.15, -0.1) is 0 Å². The van der Waals surface area contributed by atoms with Crippen LogP contribution in [0.25, 0.3) is 0 Å². The van der Waals surface area contributed by atoms with Gasteiger partial charge in [0.15, 0.2) is 0 Å². The number of hydrogen-bond donors (Lipinski definition) is 1. The van der Waals surface area contributed by atoms with Crippen molar-refractivity contribution in [1.29, 1.82) is 0 Å². The molecular weight excluding hydrogens is 250 g/mol. The molecule has 1 unspecified atom stereocenters. The molecule has 4 heteroatoms. The molecule has 1 amide bonds. The maximum absolute atomic E-state index is 12.8. The van der Waals surface area contributed by atoms with Gasteiger partial charge in [-0.2, -0.15) is 0 Å². The van der Waals surface area contributed by atoms with Crippen molar-refractivity contribution in [3.05, 3.63) is 0 Å². The number of fused-ring (bicyclic) bond motifs is 1. The van der Waals surface area contributed by atoms with Crippen molar-refractivity contribution in [2.45, 2.75) is 46.1 Å². The highest BCUT2D eigenvalue weighted by atomic mass is 16.2. The average molecular weight is 281 g/mol. The summed E-state index contributed by atoms with van der Waals surface area (Å²) in [5.41, 5.74) is 0. The highest BCUT2D eigenvalue weighted by molar-refractivity contribution is 5.81. The number of rotatable bonds is 5. The Morgan fingerprint density at radius 2 is 1.70 bits per heavy atom. The van der Waals surface area contributed by atoms with Crippen LogP contribution < -0.4 is 5.32 Å². The largest absolute Gasteiger partial charge is 0.341 e. The summed E-state index contributed by atoms with van der Waals surface area (Å²) in [5, 5.41) is 3.49. The van der Waals surface area contributed by atoms with Crippen LogP contribution in [-0.2, 0) is 4.79 Å². The first-order valence-corrected chi connectivity index (χ1v) is 8.44. The molecule has 0 radical (unpaired) electrons. The van der Waals surface area contributed by atoms with Crippen molar-refractivity contribution >= 4 is 5.91 Å². The van der Waals surface area contributed by atoms with E-state index in [0.717, 1.165) is 57.5 Å². The smallest absolute Gasteiger partial charge is 0.239 e. The van der Waals surface area contributed by atoms with E-state index in [-0.39, 0.29) is 6.04 Å². The van der Waals surface area contributed by atoms with Gasteiger partial charge in [0, 0.05) is 13.1 Å². The lowest BCUT2D eigenvalue weighted by molar-refractivity contribution is -0.137. The van der Waals surface area contributed by atoms with E-state index in [1.165, 1.54) is 12.8 Å². The van der Waals surface area contributed by atoms with Crippen molar-refractivity contribution in [1.82, 2.24) is 15.1 Å². The van der Waals surface area contributed by atoms with Gasteiger partial charge in [0.1, 0.15) is 0 Å². The molecule has 2 heterocycles. The van der Waals surface area contributed by atoms with Gasteiger partial charge in [0.05, 0.1) is 6.04 Å². The van der Waals surface area contributed by atoms with Crippen molar-refractivity contribution in [3.8, 4) is 0 Å². The van der Waals surface area contributed by atoms with Crippen LogP contribution in [0.15, 0.2) is 0 Å². The SMILES string of the molecule is CCC(C(=O)N1CC[C@@H]2CNC[C@@H]2CC1)N(CC)CC. The lowest BCUT2D eigenvalue weighted by Crippen LogP contribution is -2.48. The van der Waals surface area contributed by atoms with E-state index in [1.54, 1.807) is 0 Å². The van der Waals surface area contributed by atoms with Crippen LogP contribution in [-0.4, -0.2) is 61.0 Å². The zero-order valence-corrected chi connectivity index (χ0v) is 13.4. The minimum Gasteiger partial charge on any atom is -0.341 e. The number of nitrogens with one attached hydrogen (secondary N) is 1. The first-order valence-electron chi connectivity index (χ1n) is 8.44. The minimum absolute atomic E-state index is 0.0843. The van der Waals surface area contributed by atoms with Gasteiger partial charge >= 0.3 is 0 Å². The molecule has 2 fully saturated rings. The zero-order chi connectivity index (χ0) is 14.5. The Morgan fingerprint density at radius 1 is 1.15 bits per heavy atom. The fraction of sp³-hybridized carbons (Fsp3) is 0.938. The monoisotopic (exact) mass is 281 g/mol. The fourth-order valence-corrected chi connectivity index (χ4v) is 3.90. The van der Waals surface area contributed by atoms with Gasteiger partial charge < -0.3 is 10.2 Å². The van der Waals surface area contributed by atoms with Gasteiger partial charge in [-0.05, 0) is 57.3 Å². The summed E-state index contributed by atoms with van der Waals surface area (Å²) in [4.78, 5) is 17.3. The number of carbonyl (C=O) groups is 1. The Kier molecular flexibility index (Phi) is 5.85. The summed E-state index contributed by atoms with van der Waals surface area (Å²) < 4.78 is 0. The molecular formula is C16H31N3O. The molecule has 4 nitrogen and oxygen atoms in total. The molecule has 2 aliphatic rings. The highest BCUT2D eigenvalue weighted by Crippen LogP contribution is 2.27. The molecule has 2 rings (SSSR count). The molecule has 0 aromatic carbocycles. The molecule has 0 aromatic rings. The van der Waals surface area contributed by atoms with Crippen LogP contribution in [0.3, 0.4) is 0 Å².